The second kappa shape index (κ2) is 9.70. The topological polar surface area (TPSA) is 139 Å². The second-order valence-electron chi connectivity index (χ2n) is 8.75. The number of carboxylic acid groups (broad SMARTS) is 1. The molecule has 0 bridgehead atoms. The summed E-state index contributed by atoms with van der Waals surface area (Å²) in [6.45, 7) is 10.6. The Morgan fingerprint density at radius 1 is 0.971 bits per heavy atom. The smallest absolute Gasteiger partial charge is 0.340 e. The number of benzene rings is 1. The molecule has 2 heterocycles. The quantitative estimate of drug-likeness (QED) is 0.430. The first-order valence-electron chi connectivity index (χ1n) is 11.2. The molecule has 2 atom stereocenters. The van der Waals surface area contributed by atoms with Crippen LogP contribution >= 0.6 is 0 Å². The van der Waals surface area contributed by atoms with E-state index in [1.54, 1.807) is 13.8 Å². The molecule has 0 radical (unpaired) electrons. The summed E-state index contributed by atoms with van der Waals surface area (Å²) in [7, 11) is 0. The molecule has 9 heteroatoms. The maximum absolute atomic E-state index is 12.7. The van der Waals surface area contributed by atoms with Crippen LogP contribution in [0.2, 0.25) is 0 Å². The van der Waals surface area contributed by atoms with Gasteiger partial charge in [-0.25, -0.2) is 9.59 Å². The van der Waals surface area contributed by atoms with Crippen LogP contribution in [0.15, 0.2) is 19.7 Å². The van der Waals surface area contributed by atoms with Crippen molar-refractivity contribution < 1.29 is 28.3 Å². The van der Waals surface area contributed by atoms with Crippen molar-refractivity contribution in [1.29, 1.82) is 0 Å². The van der Waals surface area contributed by atoms with Crippen molar-refractivity contribution in [1.82, 2.24) is 10.6 Å². The average molecular weight is 471 g/mol. The van der Waals surface area contributed by atoms with Gasteiger partial charge in [0.25, 0.3) is 0 Å². The van der Waals surface area contributed by atoms with Crippen LogP contribution in [0.1, 0.15) is 48.3 Å². The monoisotopic (exact) mass is 470 g/mol. The Bertz CT molecular complexity index is 1350. The third-order valence-corrected chi connectivity index (χ3v) is 6.52. The van der Waals surface area contributed by atoms with Gasteiger partial charge in [0, 0.05) is 16.3 Å². The molecule has 0 fully saturated rings. The van der Waals surface area contributed by atoms with E-state index in [0.29, 0.717) is 34.1 Å². The van der Waals surface area contributed by atoms with Gasteiger partial charge >= 0.3 is 11.6 Å². The highest BCUT2D eigenvalue weighted by molar-refractivity contribution is 6.00. The molecule has 0 aliphatic heterocycles. The molecule has 0 spiro atoms. The van der Waals surface area contributed by atoms with Gasteiger partial charge in [0.1, 0.15) is 23.0 Å². The van der Waals surface area contributed by atoms with Crippen LogP contribution in [-0.2, 0) is 20.8 Å². The van der Waals surface area contributed by atoms with Gasteiger partial charge in [-0.2, -0.15) is 0 Å². The summed E-state index contributed by atoms with van der Waals surface area (Å²) in [6.07, 6.45) is 0.301. The van der Waals surface area contributed by atoms with E-state index in [-0.39, 0.29) is 17.9 Å². The zero-order valence-corrected chi connectivity index (χ0v) is 20.3. The fourth-order valence-electron chi connectivity index (χ4n) is 4.01. The lowest BCUT2D eigenvalue weighted by atomic mass is 9.98. The summed E-state index contributed by atoms with van der Waals surface area (Å²) in [5, 5.41) is 15.8. The Hall–Kier alpha value is -3.62. The van der Waals surface area contributed by atoms with Crippen molar-refractivity contribution in [3.63, 3.8) is 0 Å². The molecule has 34 heavy (non-hydrogen) atoms. The van der Waals surface area contributed by atoms with E-state index in [4.69, 9.17) is 8.83 Å². The maximum atomic E-state index is 12.7. The maximum Gasteiger partial charge on any atom is 0.340 e. The van der Waals surface area contributed by atoms with Crippen molar-refractivity contribution >= 4 is 39.7 Å². The number of carboxylic acids is 1. The van der Waals surface area contributed by atoms with Crippen molar-refractivity contribution in [2.75, 3.05) is 6.54 Å². The Labute approximate surface area is 196 Å². The number of rotatable bonds is 8. The van der Waals surface area contributed by atoms with E-state index < -0.39 is 36.0 Å². The van der Waals surface area contributed by atoms with E-state index in [1.807, 2.05) is 33.8 Å². The third kappa shape index (κ3) is 4.69. The minimum atomic E-state index is -1.13. The minimum absolute atomic E-state index is 0.199. The van der Waals surface area contributed by atoms with Crippen LogP contribution in [-0.4, -0.2) is 35.5 Å². The Morgan fingerprint density at radius 3 is 2.21 bits per heavy atom. The lowest BCUT2D eigenvalue weighted by Gasteiger charge is -2.20. The molecule has 1 aromatic carbocycles. The first-order chi connectivity index (χ1) is 16.0. The molecule has 0 aliphatic carbocycles. The van der Waals surface area contributed by atoms with E-state index in [1.165, 1.54) is 0 Å². The number of aryl methyl sites for hydroxylation is 4. The molecule has 0 aliphatic rings. The summed E-state index contributed by atoms with van der Waals surface area (Å²) in [5.41, 5.74) is 2.98. The van der Waals surface area contributed by atoms with Crippen molar-refractivity contribution in [2.45, 2.75) is 60.4 Å². The summed E-state index contributed by atoms with van der Waals surface area (Å²) in [5.74, 6) is -1.78. The van der Waals surface area contributed by atoms with Gasteiger partial charge in [0.05, 0.1) is 18.5 Å². The number of nitrogens with one attached hydrogen (secondary N) is 2. The van der Waals surface area contributed by atoms with Crippen LogP contribution in [0.3, 0.4) is 0 Å². The minimum Gasteiger partial charge on any atom is -0.480 e. The fraction of sp³-hybridized carbons (Fsp3) is 0.440. The Morgan fingerprint density at radius 2 is 1.59 bits per heavy atom. The molecule has 3 N–H and O–H groups in total. The zero-order valence-electron chi connectivity index (χ0n) is 20.3. The largest absolute Gasteiger partial charge is 0.480 e. The third-order valence-electron chi connectivity index (χ3n) is 6.52. The van der Waals surface area contributed by atoms with Crippen molar-refractivity contribution in [3.8, 4) is 0 Å². The second-order valence-corrected chi connectivity index (χ2v) is 8.75. The molecule has 2 aromatic heterocycles. The summed E-state index contributed by atoms with van der Waals surface area (Å²) in [6, 6.07) is 0.858. The summed E-state index contributed by atoms with van der Waals surface area (Å²) >= 11 is 0. The van der Waals surface area contributed by atoms with Crippen LogP contribution in [0.25, 0.3) is 21.9 Å². The van der Waals surface area contributed by atoms with Gasteiger partial charge < -0.3 is 24.6 Å². The number of carbonyl (C=O) groups excluding carboxylic acids is 2. The van der Waals surface area contributed by atoms with Gasteiger partial charge in [-0.3, -0.25) is 9.59 Å². The first-order valence-corrected chi connectivity index (χ1v) is 11.2. The predicted octanol–water partition coefficient (Wildman–Crippen LogP) is 3.05. The van der Waals surface area contributed by atoms with Crippen LogP contribution in [0.4, 0.5) is 0 Å². The molecule has 182 valence electrons. The van der Waals surface area contributed by atoms with Gasteiger partial charge in [0.2, 0.25) is 11.8 Å². The summed E-state index contributed by atoms with van der Waals surface area (Å²) in [4.78, 5) is 48.7. The highest BCUT2D eigenvalue weighted by atomic mass is 16.4. The van der Waals surface area contributed by atoms with E-state index in [9.17, 15) is 24.3 Å². The number of amides is 2. The van der Waals surface area contributed by atoms with Gasteiger partial charge in [-0.05, 0) is 50.8 Å². The van der Waals surface area contributed by atoms with E-state index >= 15 is 0 Å². The van der Waals surface area contributed by atoms with Gasteiger partial charge in [0.15, 0.2) is 0 Å². The molecule has 3 aromatic rings. The average Bonchev–Trinajstić information content (AvgIpc) is 3.08. The highest BCUT2D eigenvalue weighted by Gasteiger charge is 2.25. The SMILES string of the molecule is CC[C@@H](C)[C@H](NC(=O)CNC(=O)Cc1c(C)c2cc3c(C)c(C)oc3c(C)c2oc1=O)C(=O)O. The molecule has 0 saturated heterocycles. The number of aliphatic carboxylic acids is 1. The predicted molar refractivity (Wildman–Crippen MR) is 127 cm³/mol. The Kier molecular flexibility index (Phi) is 7.14. The summed E-state index contributed by atoms with van der Waals surface area (Å²) < 4.78 is 11.4. The molecule has 3 rings (SSSR count). The lowest BCUT2D eigenvalue weighted by molar-refractivity contribution is -0.143. The van der Waals surface area contributed by atoms with Crippen LogP contribution in [0.5, 0.6) is 0 Å². The number of hydrogen-bond acceptors (Lipinski definition) is 6. The van der Waals surface area contributed by atoms with E-state index in [0.717, 1.165) is 16.7 Å². The van der Waals surface area contributed by atoms with Crippen molar-refractivity contribution in [3.05, 3.63) is 44.5 Å². The molecule has 9 nitrogen and oxygen atoms in total. The fourth-order valence-corrected chi connectivity index (χ4v) is 4.01. The standard InChI is InChI=1S/C25H30N2O7/c1-7-11(2)21(24(30)31)27-20(29)10-26-19(28)9-18-13(4)17-8-16-12(3)15(6)33-22(16)14(5)23(17)34-25(18)32/h8,11,21H,7,9-10H2,1-6H3,(H,26,28)(H,27,29)(H,30,31)/t11-,21+/m1/s1. The van der Waals surface area contributed by atoms with Crippen molar-refractivity contribution in [2.24, 2.45) is 5.92 Å². The molecule has 0 unspecified atom stereocenters. The highest BCUT2D eigenvalue weighted by Crippen LogP contribution is 2.34. The van der Waals surface area contributed by atoms with Gasteiger partial charge in [-0.15, -0.1) is 0 Å². The number of fused-ring (bicyclic) bond motifs is 2. The normalized spacial score (nSPS) is 13.1. The molecular weight excluding hydrogens is 440 g/mol. The molecule has 2 amide bonds. The number of carbonyl (C=O) groups is 3. The van der Waals surface area contributed by atoms with E-state index in [2.05, 4.69) is 10.6 Å². The number of furan rings is 1. The van der Waals surface area contributed by atoms with Crippen LogP contribution in [0, 0.1) is 33.6 Å². The lowest BCUT2D eigenvalue weighted by Crippen LogP contribution is -2.48. The number of hydrogen-bond donors (Lipinski definition) is 3. The molecule has 0 saturated carbocycles. The van der Waals surface area contributed by atoms with Gasteiger partial charge in [-0.1, -0.05) is 20.3 Å². The Balaban J connectivity index is 1.80. The molecular formula is C25H30N2O7. The first kappa shape index (κ1) is 25.0. The van der Waals surface area contributed by atoms with Crippen LogP contribution < -0.4 is 16.3 Å². The zero-order chi connectivity index (χ0) is 25.3.